The van der Waals surface area contributed by atoms with E-state index in [0.29, 0.717) is 26.0 Å². The molecule has 0 bridgehead atoms. The summed E-state index contributed by atoms with van der Waals surface area (Å²) in [5, 5.41) is 8.87. The third-order valence-electron chi connectivity index (χ3n) is 3.46. The van der Waals surface area contributed by atoms with Gasteiger partial charge >= 0.3 is 0 Å². The summed E-state index contributed by atoms with van der Waals surface area (Å²) in [7, 11) is 0. The van der Waals surface area contributed by atoms with E-state index in [4.69, 9.17) is 9.84 Å². The summed E-state index contributed by atoms with van der Waals surface area (Å²) in [6, 6.07) is 8.00. The van der Waals surface area contributed by atoms with Crippen LogP contribution in [0, 0.1) is 0 Å². The molecule has 1 unspecified atom stereocenters. The van der Waals surface area contributed by atoms with Crippen LogP contribution < -0.4 is 4.90 Å². The number of rotatable bonds is 5. The molecule has 1 aromatic rings. The maximum atomic E-state index is 12.4. The minimum Gasteiger partial charge on any atom is -0.396 e. The number of aliphatic hydroxyl groups excluding tert-OH is 1. The molecule has 19 heavy (non-hydrogen) atoms. The highest BCUT2D eigenvalue weighted by Gasteiger charge is 2.30. The average molecular weight is 263 g/mol. The molecule has 4 nitrogen and oxygen atoms in total. The Bertz CT molecular complexity index is 433. The lowest BCUT2D eigenvalue weighted by Gasteiger charge is -2.33. The molecule has 1 N–H and O–H groups in total. The van der Waals surface area contributed by atoms with Crippen LogP contribution in [0.15, 0.2) is 24.3 Å². The molecule has 1 atom stereocenters. The fourth-order valence-electron chi connectivity index (χ4n) is 2.44. The van der Waals surface area contributed by atoms with Crippen molar-refractivity contribution in [2.45, 2.75) is 32.3 Å². The molecule has 0 aliphatic carbocycles. The summed E-state index contributed by atoms with van der Waals surface area (Å²) in [6.45, 7) is 3.34. The van der Waals surface area contributed by atoms with Gasteiger partial charge in [0, 0.05) is 18.8 Å². The minimum atomic E-state index is -0.411. The van der Waals surface area contributed by atoms with Crippen molar-refractivity contribution >= 4 is 11.6 Å². The Kier molecular flexibility index (Phi) is 4.93. The van der Waals surface area contributed by atoms with Crippen molar-refractivity contribution in [3.8, 4) is 0 Å². The van der Waals surface area contributed by atoms with Crippen LogP contribution in [0.1, 0.15) is 25.3 Å². The van der Waals surface area contributed by atoms with Gasteiger partial charge in [-0.1, -0.05) is 25.1 Å². The van der Waals surface area contributed by atoms with Gasteiger partial charge in [0.1, 0.15) is 6.10 Å². The highest BCUT2D eigenvalue weighted by Crippen LogP contribution is 2.25. The molecule has 2 rings (SSSR count). The number of hydrogen-bond donors (Lipinski definition) is 1. The average Bonchev–Trinajstić information content (AvgIpc) is 2.46. The number of morpholine rings is 1. The predicted octanol–water partition coefficient (Wildman–Crippen LogP) is 1.75. The number of amides is 1. The van der Waals surface area contributed by atoms with E-state index in [0.717, 1.165) is 12.1 Å². The van der Waals surface area contributed by atoms with E-state index in [-0.39, 0.29) is 12.5 Å². The topological polar surface area (TPSA) is 49.8 Å². The van der Waals surface area contributed by atoms with Gasteiger partial charge in [-0.15, -0.1) is 0 Å². The zero-order valence-corrected chi connectivity index (χ0v) is 11.3. The molecule has 1 saturated heterocycles. The predicted molar refractivity (Wildman–Crippen MR) is 74.2 cm³/mol. The summed E-state index contributed by atoms with van der Waals surface area (Å²) in [5.41, 5.74) is 2.17. The molecule has 1 fully saturated rings. The first-order valence-corrected chi connectivity index (χ1v) is 6.89. The van der Waals surface area contributed by atoms with Gasteiger partial charge in [0.05, 0.1) is 6.61 Å². The fourth-order valence-corrected chi connectivity index (χ4v) is 2.44. The van der Waals surface area contributed by atoms with Crippen LogP contribution >= 0.6 is 0 Å². The standard InChI is InChI=1S/C15H21NO3/c1-2-12-6-3-4-7-13(12)16-9-11-19-14(15(16)18)8-5-10-17/h3-4,6-7,14,17H,2,5,8-11H2,1H3. The van der Waals surface area contributed by atoms with Crippen molar-refractivity contribution in [3.05, 3.63) is 29.8 Å². The molecule has 1 aliphatic rings. The fraction of sp³-hybridized carbons (Fsp3) is 0.533. The van der Waals surface area contributed by atoms with Crippen molar-refractivity contribution in [2.24, 2.45) is 0 Å². The molecule has 1 amide bonds. The second-order valence-corrected chi connectivity index (χ2v) is 4.70. The van der Waals surface area contributed by atoms with E-state index in [1.807, 2.05) is 23.1 Å². The second kappa shape index (κ2) is 6.68. The van der Waals surface area contributed by atoms with Crippen LogP contribution in [0.5, 0.6) is 0 Å². The normalized spacial score (nSPS) is 19.8. The lowest BCUT2D eigenvalue weighted by Crippen LogP contribution is -2.48. The van der Waals surface area contributed by atoms with E-state index in [2.05, 4.69) is 13.0 Å². The SMILES string of the molecule is CCc1ccccc1N1CCOC(CCCO)C1=O. The quantitative estimate of drug-likeness (QED) is 0.880. The Hall–Kier alpha value is -1.39. The van der Waals surface area contributed by atoms with Crippen molar-refractivity contribution in [1.29, 1.82) is 0 Å². The number of aliphatic hydroxyl groups is 1. The molecular formula is C15H21NO3. The number of carbonyl (C=O) groups excluding carboxylic acids is 1. The number of carbonyl (C=O) groups is 1. The van der Waals surface area contributed by atoms with Crippen LogP contribution in [0.3, 0.4) is 0 Å². The molecule has 0 spiro atoms. The summed E-state index contributed by atoms with van der Waals surface area (Å²) in [4.78, 5) is 14.2. The van der Waals surface area contributed by atoms with Crippen LogP contribution in [0.4, 0.5) is 5.69 Å². The van der Waals surface area contributed by atoms with Gasteiger partial charge in [0.2, 0.25) is 0 Å². The van der Waals surface area contributed by atoms with E-state index in [1.165, 1.54) is 5.56 Å². The zero-order chi connectivity index (χ0) is 13.7. The van der Waals surface area contributed by atoms with Gasteiger partial charge in [-0.05, 0) is 30.9 Å². The second-order valence-electron chi connectivity index (χ2n) is 4.70. The van der Waals surface area contributed by atoms with E-state index in [9.17, 15) is 4.79 Å². The Balaban J connectivity index is 2.17. The summed E-state index contributed by atoms with van der Waals surface area (Å²) in [5.74, 6) is 0.0144. The van der Waals surface area contributed by atoms with Gasteiger partial charge in [0.15, 0.2) is 0 Å². The minimum absolute atomic E-state index is 0.0144. The molecule has 0 radical (unpaired) electrons. The Labute approximate surface area is 114 Å². The number of benzene rings is 1. The molecule has 4 heteroatoms. The molecule has 104 valence electrons. The molecule has 1 aromatic carbocycles. The monoisotopic (exact) mass is 263 g/mol. The Morgan fingerprint density at radius 2 is 2.21 bits per heavy atom. The molecule has 1 heterocycles. The van der Waals surface area contributed by atoms with Crippen molar-refractivity contribution in [3.63, 3.8) is 0 Å². The molecular weight excluding hydrogens is 242 g/mol. The Morgan fingerprint density at radius 1 is 1.42 bits per heavy atom. The van der Waals surface area contributed by atoms with Gasteiger partial charge in [0.25, 0.3) is 5.91 Å². The third-order valence-corrected chi connectivity index (χ3v) is 3.46. The van der Waals surface area contributed by atoms with E-state index < -0.39 is 6.10 Å². The number of aryl methyl sites for hydroxylation is 1. The van der Waals surface area contributed by atoms with Gasteiger partial charge in [-0.2, -0.15) is 0 Å². The third kappa shape index (κ3) is 3.14. The van der Waals surface area contributed by atoms with Gasteiger partial charge in [-0.3, -0.25) is 4.79 Å². The maximum absolute atomic E-state index is 12.4. The number of ether oxygens (including phenoxy) is 1. The van der Waals surface area contributed by atoms with Crippen LogP contribution in [0.25, 0.3) is 0 Å². The molecule has 1 aliphatic heterocycles. The zero-order valence-electron chi connectivity index (χ0n) is 11.3. The van der Waals surface area contributed by atoms with E-state index >= 15 is 0 Å². The van der Waals surface area contributed by atoms with Gasteiger partial charge in [-0.25, -0.2) is 0 Å². The summed E-state index contributed by atoms with van der Waals surface area (Å²) >= 11 is 0. The largest absolute Gasteiger partial charge is 0.396 e. The first-order chi connectivity index (χ1) is 9.27. The number of para-hydroxylation sites is 1. The van der Waals surface area contributed by atoms with Crippen LogP contribution in [-0.4, -0.2) is 36.9 Å². The van der Waals surface area contributed by atoms with Crippen molar-refractivity contribution in [1.82, 2.24) is 0 Å². The first kappa shape index (κ1) is 14.0. The maximum Gasteiger partial charge on any atom is 0.256 e. The van der Waals surface area contributed by atoms with E-state index in [1.54, 1.807) is 0 Å². The Morgan fingerprint density at radius 3 is 2.95 bits per heavy atom. The first-order valence-electron chi connectivity index (χ1n) is 6.89. The van der Waals surface area contributed by atoms with Crippen molar-refractivity contribution < 1.29 is 14.6 Å². The van der Waals surface area contributed by atoms with Crippen LogP contribution in [-0.2, 0) is 16.0 Å². The van der Waals surface area contributed by atoms with Crippen molar-refractivity contribution in [2.75, 3.05) is 24.7 Å². The lowest BCUT2D eigenvalue weighted by atomic mass is 10.1. The lowest BCUT2D eigenvalue weighted by molar-refractivity contribution is -0.134. The number of nitrogens with zero attached hydrogens (tertiary/aromatic N) is 1. The number of hydrogen-bond acceptors (Lipinski definition) is 3. The summed E-state index contributed by atoms with van der Waals surface area (Å²) < 4.78 is 5.52. The van der Waals surface area contributed by atoms with Crippen LogP contribution in [0.2, 0.25) is 0 Å². The highest BCUT2D eigenvalue weighted by atomic mass is 16.5. The van der Waals surface area contributed by atoms with Gasteiger partial charge < -0.3 is 14.7 Å². The smallest absolute Gasteiger partial charge is 0.256 e. The molecule has 0 aromatic heterocycles. The number of anilines is 1. The molecule has 0 saturated carbocycles. The highest BCUT2D eigenvalue weighted by molar-refractivity contribution is 5.97. The summed E-state index contributed by atoms with van der Waals surface area (Å²) in [6.07, 6.45) is 1.67.